The molecule has 0 spiro atoms. The number of fused-ring (bicyclic) bond motifs is 1. The van der Waals surface area contributed by atoms with Crippen molar-refractivity contribution >= 4 is 73.3 Å². The Morgan fingerprint density at radius 1 is 0.681 bits per heavy atom. The van der Waals surface area contributed by atoms with Crippen LogP contribution in [0.15, 0.2) is 95.9 Å². The van der Waals surface area contributed by atoms with E-state index in [1.165, 1.54) is 56.4 Å². The van der Waals surface area contributed by atoms with E-state index in [9.17, 15) is 51.6 Å². The van der Waals surface area contributed by atoms with Crippen LogP contribution in [0.25, 0.3) is 10.8 Å². The number of methoxy groups -OCH3 is 1. The molecule has 5 rings (SSSR count). The Morgan fingerprint density at radius 2 is 1.22 bits per heavy atom. The molecule has 4 aromatic rings. The molecule has 0 aliphatic heterocycles. The Kier molecular flexibility index (Phi) is 22.2. The lowest BCUT2D eigenvalue weighted by Gasteiger charge is -2.21. The van der Waals surface area contributed by atoms with Crippen LogP contribution in [-0.4, -0.2) is 109 Å². The number of ether oxygens (including phenoxy) is 1. The van der Waals surface area contributed by atoms with E-state index in [0.29, 0.717) is 40.3 Å². The lowest BCUT2D eigenvalue weighted by molar-refractivity contribution is -0.140. The highest BCUT2D eigenvalue weighted by Gasteiger charge is 2.26. The number of carbonyl (C=O) groups excluding carboxylic acids is 4. The summed E-state index contributed by atoms with van der Waals surface area (Å²) >= 11 is -2.20. The van der Waals surface area contributed by atoms with Crippen LogP contribution in [0.2, 0.25) is 0 Å². The van der Waals surface area contributed by atoms with Crippen molar-refractivity contribution in [1.82, 2.24) is 30.7 Å². The smallest absolute Gasteiger partial charge is 0.323 e. The summed E-state index contributed by atoms with van der Waals surface area (Å²) in [7, 11) is -2.53. The van der Waals surface area contributed by atoms with Crippen LogP contribution >= 0.6 is 0 Å². The summed E-state index contributed by atoms with van der Waals surface area (Å²) in [6.45, 7) is 1.04. The number of hydrogen-bond donors (Lipinski definition) is 9. The first-order valence-corrected chi connectivity index (χ1v) is 24.7. The highest BCUT2D eigenvalue weighted by molar-refractivity contribution is 7.89. The summed E-state index contributed by atoms with van der Waals surface area (Å²) < 4.78 is 52.3. The van der Waals surface area contributed by atoms with Crippen LogP contribution in [-0.2, 0) is 45.3 Å². The zero-order chi connectivity index (χ0) is 50.3. The van der Waals surface area contributed by atoms with E-state index < -0.39 is 69.6 Å². The summed E-state index contributed by atoms with van der Waals surface area (Å²) in [5, 5.41) is 37.8. The van der Waals surface area contributed by atoms with E-state index in [2.05, 4.69) is 26.0 Å². The molecule has 1 aliphatic rings. The van der Waals surface area contributed by atoms with Crippen molar-refractivity contribution in [3.63, 3.8) is 0 Å². The predicted octanol–water partition coefficient (Wildman–Crippen LogP) is 3.57. The van der Waals surface area contributed by atoms with Crippen molar-refractivity contribution in [2.75, 3.05) is 33.3 Å². The first-order valence-electron chi connectivity index (χ1n) is 22.2. The summed E-state index contributed by atoms with van der Waals surface area (Å²) in [6, 6.07) is 21.3. The molecular weight excluding hydrogens is 935 g/mol. The first-order chi connectivity index (χ1) is 33.0. The number of hydrogen-bond acceptors (Lipinski definition) is 12. The zero-order valence-electron chi connectivity index (χ0n) is 38.3. The van der Waals surface area contributed by atoms with Gasteiger partial charge in [-0.25, -0.2) is 8.42 Å². The van der Waals surface area contributed by atoms with Crippen molar-refractivity contribution in [3.05, 3.63) is 102 Å². The summed E-state index contributed by atoms with van der Waals surface area (Å²) in [5.41, 5.74) is 1.44. The first kappa shape index (κ1) is 54.9. The van der Waals surface area contributed by atoms with Gasteiger partial charge in [-0.1, -0.05) is 86.7 Å². The van der Waals surface area contributed by atoms with Crippen LogP contribution in [0, 0.1) is 11.3 Å². The number of carboxylic acids is 2. The maximum Gasteiger partial charge on any atom is 0.323 e. The highest BCUT2D eigenvalue weighted by Crippen LogP contribution is 2.32. The molecule has 20 nitrogen and oxygen atoms in total. The Bertz CT molecular complexity index is 2540. The third-order valence-corrected chi connectivity index (χ3v) is 13.1. The molecule has 1 fully saturated rings. The van der Waals surface area contributed by atoms with E-state index in [1.807, 2.05) is 10.8 Å². The molecule has 0 aromatic heterocycles. The van der Waals surface area contributed by atoms with Crippen molar-refractivity contribution in [1.29, 1.82) is 5.41 Å². The van der Waals surface area contributed by atoms with Crippen molar-refractivity contribution < 1.29 is 60.5 Å². The minimum atomic E-state index is -4.07. The minimum Gasteiger partial charge on any atom is -0.496 e. The van der Waals surface area contributed by atoms with Crippen LogP contribution in [0.1, 0.15) is 80.6 Å². The Morgan fingerprint density at radius 3 is 1.80 bits per heavy atom. The van der Waals surface area contributed by atoms with Gasteiger partial charge in [0, 0.05) is 67.5 Å². The lowest BCUT2D eigenvalue weighted by atomic mass is 9.86. The maximum absolute atomic E-state index is 12.5. The number of carboxylic acid groups (broad SMARTS) is 2. The van der Waals surface area contributed by atoms with Gasteiger partial charge < -0.3 is 45.8 Å². The molecule has 0 heterocycles. The van der Waals surface area contributed by atoms with Crippen LogP contribution in [0.3, 0.4) is 0 Å². The molecule has 69 heavy (non-hydrogen) atoms. The van der Waals surface area contributed by atoms with Gasteiger partial charge in [0.25, 0.3) is 17.2 Å². The molecular formula is C47H59N7O13S2. The number of amides is 4. The van der Waals surface area contributed by atoms with Crippen molar-refractivity contribution in [2.24, 2.45) is 5.92 Å². The molecule has 22 heteroatoms. The van der Waals surface area contributed by atoms with E-state index in [4.69, 9.17) is 14.3 Å². The average Bonchev–Trinajstić information content (AvgIpc) is 3.34. The normalized spacial score (nSPS) is 13.8. The van der Waals surface area contributed by atoms with Crippen LogP contribution in [0.5, 0.6) is 11.5 Å². The molecule has 0 radical (unpaired) electrons. The van der Waals surface area contributed by atoms with Crippen LogP contribution < -0.4 is 39.6 Å². The van der Waals surface area contributed by atoms with E-state index >= 15 is 0 Å². The zero-order valence-corrected chi connectivity index (χ0v) is 39.9. The number of sulfonamides is 1. The van der Waals surface area contributed by atoms with E-state index in [-0.39, 0.29) is 49.0 Å². The molecule has 4 aromatic carbocycles. The quantitative estimate of drug-likeness (QED) is 0.0430. The standard InChI is InChI=1S/C26H35N3O7S.C21H24N4O6S/c1-35-22-11-5-10-20-19(22)9-6-12-23(20)36-37(34)29-21(26(32)33)17-28-25(31)15-16-27-24(30)14-13-18-7-3-2-4-8-18;1-14(22)15-7-9-16(10-8-15)20(27)23-12-11-19(26)24-13-18(21(28)29)25-32(30,31)17-5-3-2-4-6-17/h5-6,9-12,18,21,29H,2-4,7-8,13-17H2,1H3,(H,27,30)(H,28,31)(H,32,33);2-10,18,22,25H,11-13H2,1H3,(H,23,27)(H,24,26)(H,28,29). The number of rotatable bonds is 25. The fourth-order valence-electron chi connectivity index (χ4n) is 7.03. The number of carbonyl (C=O) groups is 6. The number of aliphatic carboxylic acids is 2. The molecule has 0 bridgehead atoms. The van der Waals surface area contributed by atoms with Gasteiger partial charge in [-0.05, 0) is 61.2 Å². The average molecular weight is 994 g/mol. The van der Waals surface area contributed by atoms with Gasteiger partial charge in [-0.3, -0.25) is 28.8 Å². The van der Waals surface area contributed by atoms with Gasteiger partial charge in [-0.2, -0.15) is 13.7 Å². The predicted molar refractivity (Wildman–Crippen MR) is 257 cm³/mol. The van der Waals surface area contributed by atoms with Gasteiger partial charge in [0.15, 0.2) is 0 Å². The lowest BCUT2D eigenvalue weighted by Crippen LogP contribution is -2.48. The number of benzene rings is 4. The summed E-state index contributed by atoms with van der Waals surface area (Å²) in [6.07, 6.45) is 7.32. The third kappa shape index (κ3) is 18.7. The van der Waals surface area contributed by atoms with Crippen molar-refractivity contribution in [2.45, 2.75) is 81.7 Å². The molecule has 3 unspecified atom stereocenters. The molecule has 1 saturated carbocycles. The molecule has 0 saturated heterocycles. The van der Waals surface area contributed by atoms with Gasteiger partial charge in [0.2, 0.25) is 27.7 Å². The van der Waals surface area contributed by atoms with Crippen molar-refractivity contribution in [3.8, 4) is 11.5 Å². The van der Waals surface area contributed by atoms with E-state index in [0.717, 1.165) is 11.8 Å². The second-order valence-corrected chi connectivity index (χ2v) is 18.5. The SMILES string of the molecule is CC(=N)c1ccc(C(=O)NCCC(=O)NCC(NS(=O)(=O)c2ccccc2)C(=O)O)cc1.COc1cccc2c(OS(=O)NC(CNC(=O)CCNC(=O)CCC3CCCCC3)C(=O)O)cccc12. The number of nitrogens with one attached hydrogen (secondary N) is 7. The monoisotopic (exact) mass is 993 g/mol. The fourth-order valence-corrected chi connectivity index (χ4v) is 9.01. The Labute approximate surface area is 403 Å². The second kappa shape index (κ2) is 27.9. The molecule has 9 N–H and O–H groups in total. The highest BCUT2D eigenvalue weighted by atomic mass is 32.2. The van der Waals surface area contributed by atoms with Gasteiger partial charge in [0.05, 0.1) is 12.0 Å². The molecule has 3 atom stereocenters. The Balaban J connectivity index is 0.000000304. The van der Waals surface area contributed by atoms with Crippen LogP contribution in [0.4, 0.5) is 0 Å². The summed E-state index contributed by atoms with van der Waals surface area (Å²) in [4.78, 5) is 71.2. The fraction of sp³-hybridized carbons (Fsp3) is 0.383. The molecule has 1 aliphatic carbocycles. The topological polar surface area (TPSA) is 309 Å². The van der Waals surface area contributed by atoms with Gasteiger partial charge in [0.1, 0.15) is 23.6 Å². The Hall–Kier alpha value is -6.75. The van der Waals surface area contributed by atoms with E-state index in [1.54, 1.807) is 74.7 Å². The minimum absolute atomic E-state index is 0.00347. The molecule has 372 valence electrons. The second-order valence-electron chi connectivity index (χ2n) is 15.9. The third-order valence-electron chi connectivity index (χ3n) is 10.8. The van der Waals surface area contributed by atoms with Gasteiger partial charge >= 0.3 is 11.9 Å². The largest absolute Gasteiger partial charge is 0.496 e. The summed E-state index contributed by atoms with van der Waals surface area (Å²) in [5.74, 6) is -2.68. The van der Waals surface area contributed by atoms with Gasteiger partial charge in [-0.15, -0.1) is 0 Å². The molecule has 4 amide bonds. The maximum atomic E-state index is 12.5.